The molecule has 3 aliphatic rings. The minimum Gasteiger partial charge on any atom is -0.343 e. The summed E-state index contributed by atoms with van der Waals surface area (Å²) in [5, 5.41) is 0. The number of H-pyrrole nitrogens is 1. The highest BCUT2D eigenvalue weighted by Gasteiger charge is 2.29. The maximum atomic E-state index is 12.7. The molecule has 3 heterocycles. The summed E-state index contributed by atoms with van der Waals surface area (Å²) < 4.78 is 0. The number of amides is 1. The Balaban J connectivity index is 1.37. The summed E-state index contributed by atoms with van der Waals surface area (Å²) in [7, 11) is 0. The molecule has 0 radical (unpaired) electrons. The fourth-order valence-corrected chi connectivity index (χ4v) is 5.28. The summed E-state index contributed by atoms with van der Waals surface area (Å²) in [4.78, 5) is 37.7. The van der Waals surface area contributed by atoms with Crippen LogP contribution in [-0.4, -0.2) is 51.4 Å². The molecule has 1 aromatic rings. The molecule has 1 N–H and O–H groups in total. The summed E-state index contributed by atoms with van der Waals surface area (Å²) in [5.41, 5.74) is 1.87. The molecule has 6 nitrogen and oxygen atoms in total. The lowest BCUT2D eigenvalue weighted by Gasteiger charge is -2.34. The van der Waals surface area contributed by atoms with E-state index >= 15 is 0 Å². The summed E-state index contributed by atoms with van der Waals surface area (Å²) in [6, 6.07) is 0.464. The van der Waals surface area contributed by atoms with Crippen molar-refractivity contribution in [1.82, 2.24) is 19.8 Å². The van der Waals surface area contributed by atoms with Crippen LogP contribution in [0.15, 0.2) is 4.79 Å². The first-order valence-corrected chi connectivity index (χ1v) is 11.6. The third-order valence-corrected chi connectivity index (χ3v) is 7.27. The molecule has 6 heteroatoms. The van der Waals surface area contributed by atoms with E-state index < -0.39 is 0 Å². The zero-order valence-corrected chi connectivity index (χ0v) is 18.1. The molecule has 0 spiro atoms. The standard InChI is InChI=1S/C23H36N4O2/c1-16(2)27-13-10-19-20(15-27)24-22(25-23(19)29)18-8-11-26(12-9-18)21(28)14-17-6-4-3-5-7-17/h16-18H,3-15H2,1-2H3,(H,24,25,29). The van der Waals surface area contributed by atoms with Gasteiger partial charge in [-0.05, 0) is 51.9 Å². The van der Waals surface area contributed by atoms with E-state index in [4.69, 9.17) is 4.98 Å². The molecule has 1 saturated heterocycles. The number of carbonyl (C=O) groups excluding carboxylic acids is 1. The molecule has 4 rings (SSSR count). The van der Waals surface area contributed by atoms with Crippen LogP contribution in [0.3, 0.4) is 0 Å². The van der Waals surface area contributed by atoms with Crippen molar-refractivity contribution < 1.29 is 4.79 Å². The number of aromatic nitrogens is 2. The monoisotopic (exact) mass is 400 g/mol. The molecule has 29 heavy (non-hydrogen) atoms. The zero-order valence-electron chi connectivity index (χ0n) is 18.1. The van der Waals surface area contributed by atoms with E-state index in [1.54, 1.807) is 0 Å². The molecule has 160 valence electrons. The average Bonchev–Trinajstić information content (AvgIpc) is 2.74. The van der Waals surface area contributed by atoms with Gasteiger partial charge in [0, 0.05) is 50.1 Å². The maximum Gasteiger partial charge on any atom is 0.254 e. The highest BCUT2D eigenvalue weighted by atomic mass is 16.2. The Kier molecular flexibility index (Phi) is 6.38. The second-order valence-electron chi connectivity index (χ2n) is 9.55. The Labute approximate surface area is 174 Å². The average molecular weight is 401 g/mol. The first-order chi connectivity index (χ1) is 14.0. The summed E-state index contributed by atoms with van der Waals surface area (Å²) in [5.74, 6) is 2.01. The van der Waals surface area contributed by atoms with Gasteiger partial charge >= 0.3 is 0 Å². The molecule has 1 aliphatic carbocycles. The summed E-state index contributed by atoms with van der Waals surface area (Å²) >= 11 is 0. The van der Waals surface area contributed by atoms with E-state index in [0.29, 0.717) is 17.9 Å². The van der Waals surface area contributed by atoms with Gasteiger partial charge in [-0.15, -0.1) is 0 Å². The van der Waals surface area contributed by atoms with Crippen molar-refractivity contribution in [3.63, 3.8) is 0 Å². The first kappa shape index (κ1) is 20.6. The number of nitrogens with one attached hydrogen (secondary N) is 1. The number of likely N-dealkylation sites (tertiary alicyclic amines) is 1. The molecule has 1 amide bonds. The van der Waals surface area contributed by atoms with Gasteiger partial charge in [-0.2, -0.15) is 0 Å². The van der Waals surface area contributed by atoms with Crippen LogP contribution in [0, 0.1) is 5.92 Å². The van der Waals surface area contributed by atoms with Crippen LogP contribution < -0.4 is 5.56 Å². The van der Waals surface area contributed by atoms with Crippen molar-refractivity contribution in [2.75, 3.05) is 19.6 Å². The molecule has 1 aromatic heterocycles. The SMILES string of the molecule is CC(C)N1CCc2c(nc(C3CCN(C(=O)CC4CCCCC4)CC3)[nH]c2=O)C1. The van der Waals surface area contributed by atoms with Gasteiger partial charge in [-0.3, -0.25) is 14.5 Å². The van der Waals surface area contributed by atoms with E-state index in [1.165, 1.54) is 32.1 Å². The van der Waals surface area contributed by atoms with Gasteiger partial charge < -0.3 is 9.88 Å². The van der Waals surface area contributed by atoms with Gasteiger partial charge in [0.25, 0.3) is 5.56 Å². The van der Waals surface area contributed by atoms with Crippen LogP contribution in [0.4, 0.5) is 0 Å². The molecule has 2 fully saturated rings. The molecular weight excluding hydrogens is 364 g/mol. The third-order valence-electron chi connectivity index (χ3n) is 7.27. The van der Waals surface area contributed by atoms with Crippen LogP contribution in [-0.2, 0) is 17.8 Å². The predicted molar refractivity (Wildman–Crippen MR) is 114 cm³/mol. The second kappa shape index (κ2) is 8.99. The van der Waals surface area contributed by atoms with E-state index in [-0.39, 0.29) is 11.5 Å². The fourth-order valence-electron chi connectivity index (χ4n) is 5.28. The number of fused-ring (bicyclic) bond motifs is 1. The van der Waals surface area contributed by atoms with Crippen LogP contribution >= 0.6 is 0 Å². The number of hydrogen-bond donors (Lipinski definition) is 1. The van der Waals surface area contributed by atoms with E-state index in [9.17, 15) is 9.59 Å². The molecule has 1 saturated carbocycles. The molecule has 0 unspecified atom stereocenters. The first-order valence-electron chi connectivity index (χ1n) is 11.6. The molecule has 0 atom stereocenters. The Morgan fingerprint density at radius 2 is 1.83 bits per heavy atom. The fraction of sp³-hybridized carbons (Fsp3) is 0.783. The maximum absolute atomic E-state index is 12.7. The van der Waals surface area contributed by atoms with Crippen molar-refractivity contribution in [3.8, 4) is 0 Å². The Hall–Kier alpha value is -1.69. The number of carbonyl (C=O) groups is 1. The Bertz CT molecular complexity index is 774. The number of piperidine rings is 1. The lowest BCUT2D eigenvalue weighted by atomic mass is 9.86. The quantitative estimate of drug-likeness (QED) is 0.843. The van der Waals surface area contributed by atoms with Crippen LogP contribution in [0.1, 0.15) is 88.2 Å². The normalized spacial score (nSPS) is 22.1. The van der Waals surface area contributed by atoms with Crippen LogP contribution in [0.2, 0.25) is 0 Å². The lowest BCUT2D eigenvalue weighted by Crippen LogP contribution is -2.41. The molecule has 2 aliphatic heterocycles. The van der Waals surface area contributed by atoms with Gasteiger partial charge in [0.15, 0.2) is 0 Å². The lowest BCUT2D eigenvalue weighted by molar-refractivity contribution is -0.133. The van der Waals surface area contributed by atoms with Crippen LogP contribution in [0.5, 0.6) is 0 Å². The highest BCUT2D eigenvalue weighted by Crippen LogP contribution is 2.30. The van der Waals surface area contributed by atoms with Gasteiger partial charge in [0.2, 0.25) is 5.91 Å². The number of nitrogens with zero attached hydrogens (tertiary/aromatic N) is 3. The van der Waals surface area contributed by atoms with Gasteiger partial charge in [-0.1, -0.05) is 19.3 Å². The molecular formula is C23H36N4O2. The third kappa shape index (κ3) is 4.73. The second-order valence-corrected chi connectivity index (χ2v) is 9.55. The van der Waals surface area contributed by atoms with Gasteiger partial charge in [-0.25, -0.2) is 4.98 Å². The molecule has 0 aromatic carbocycles. The van der Waals surface area contributed by atoms with E-state index in [2.05, 4.69) is 23.7 Å². The van der Waals surface area contributed by atoms with E-state index in [0.717, 1.165) is 68.9 Å². The topological polar surface area (TPSA) is 69.3 Å². The smallest absolute Gasteiger partial charge is 0.254 e. The molecule has 0 bridgehead atoms. The van der Waals surface area contributed by atoms with Crippen molar-refractivity contribution in [2.24, 2.45) is 5.92 Å². The van der Waals surface area contributed by atoms with E-state index in [1.807, 2.05) is 4.90 Å². The van der Waals surface area contributed by atoms with Gasteiger partial charge in [0.1, 0.15) is 5.82 Å². The predicted octanol–water partition coefficient (Wildman–Crippen LogP) is 3.21. The summed E-state index contributed by atoms with van der Waals surface area (Å²) in [6.07, 6.45) is 9.63. The zero-order chi connectivity index (χ0) is 20.4. The minimum absolute atomic E-state index is 0.0456. The van der Waals surface area contributed by atoms with Crippen molar-refractivity contribution in [1.29, 1.82) is 0 Å². The number of rotatable bonds is 4. The Morgan fingerprint density at radius 3 is 2.52 bits per heavy atom. The number of aromatic amines is 1. The van der Waals surface area contributed by atoms with Crippen molar-refractivity contribution in [3.05, 3.63) is 27.4 Å². The van der Waals surface area contributed by atoms with Crippen molar-refractivity contribution >= 4 is 5.91 Å². The highest BCUT2D eigenvalue weighted by molar-refractivity contribution is 5.76. The largest absolute Gasteiger partial charge is 0.343 e. The number of hydrogen-bond acceptors (Lipinski definition) is 4. The van der Waals surface area contributed by atoms with Gasteiger partial charge in [0.05, 0.1) is 5.69 Å². The Morgan fingerprint density at radius 1 is 1.10 bits per heavy atom. The van der Waals surface area contributed by atoms with Crippen LogP contribution in [0.25, 0.3) is 0 Å². The van der Waals surface area contributed by atoms with Crippen molar-refractivity contribution in [2.45, 2.75) is 90.1 Å². The summed E-state index contributed by atoms with van der Waals surface area (Å²) in [6.45, 7) is 7.65. The minimum atomic E-state index is 0.0456.